The van der Waals surface area contributed by atoms with E-state index in [2.05, 4.69) is 44.5 Å². The summed E-state index contributed by atoms with van der Waals surface area (Å²) in [7, 11) is 0. The molecule has 0 radical (unpaired) electrons. The lowest BCUT2D eigenvalue weighted by molar-refractivity contribution is 0.110. The fourth-order valence-corrected chi connectivity index (χ4v) is 4.21. The van der Waals surface area contributed by atoms with Crippen LogP contribution in [-0.2, 0) is 24.3 Å². The average molecular weight is 457 g/mol. The van der Waals surface area contributed by atoms with Gasteiger partial charge >= 0.3 is 0 Å². The van der Waals surface area contributed by atoms with Gasteiger partial charge in [-0.15, -0.1) is 0 Å². The normalized spacial score (nSPS) is 15.6. The molecular weight excluding hydrogens is 428 g/mol. The Labute approximate surface area is 198 Å². The van der Waals surface area contributed by atoms with Crippen molar-refractivity contribution in [3.8, 4) is 5.75 Å². The molecule has 1 aliphatic heterocycles. The largest absolute Gasteiger partial charge is 0.486 e. The van der Waals surface area contributed by atoms with Crippen molar-refractivity contribution in [1.29, 1.82) is 0 Å². The minimum absolute atomic E-state index is 0.168. The van der Waals surface area contributed by atoms with Crippen LogP contribution in [0.15, 0.2) is 71.7 Å². The first-order chi connectivity index (χ1) is 16.7. The Morgan fingerprint density at radius 1 is 1.06 bits per heavy atom. The van der Waals surface area contributed by atoms with Gasteiger partial charge in [0.15, 0.2) is 0 Å². The fourth-order valence-electron chi connectivity index (χ4n) is 4.21. The minimum atomic E-state index is -0.190. The van der Waals surface area contributed by atoms with Crippen LogP contribution in [0.5, 0.6) is 5.75 Å². The molecule has 1 fully saturated rings. The molecule has 4 aromatic rings. The van der Waals surface area contributed by atoms with E-state index in [9.17, 15) is 4.79 Å². The van der Waals surface area contributed by atoms with Gasteiger partial charge in [0.2, 0.25) is 0 Å². The highest BCUT2D eigenvalue weighted by Crippen LogP contribution is 2.17. The van der Waals surface area contributed by atoms with Crippen molar-refractivity contribution in [3.05, 3.63) is 99.9 Å². The molecular formula is C27H28N4O3. The van der Waals surface area contributed by atoms with E-state index in [1.807, 2.05) is 30.3 Å². The van der Waals surface area contributed by atoms with Crippen molar-refractivity contribution < 1.29 is 9.47 Å². The molecule has 0 bridgehead atoms. The van der Waals surface area contributed by atoms with E-state index in [0.29, 0.717) is 23.3 Å². The summed E-state index contributed by atoms with van der Waals surface area (Å²) in [6.07, 6.45) is 4.94. The first-order valence-electron chi connectivity index (χ1n) is 11.7. The first-order valence-corrected chi connectivity index (χ1v) is 11.7. The topological polar surface area (TPSA) is 89.1 Å². The smallest absolute Gasteiger partial charge is 0.258 e. The molecule has 174 valence electrons. The van der Waals surface area contributed by atoms with E-state index in [1.165, 1.54) is 11.1 Å². The second kappa shape index (κ2) is 10.6. The van der Waals surface area contributed by atoms with E-state index in [4.69, 9.17) is 9.47 Å². The van der Waals surface area contributed by atoms with Gasteiger partial charge in [-0.25, -0.2) is 4.98 Å². The second-order valence-electron chi connectivity index (χ2n) is 8.53. The quantitative estimate of drug-likeness (QED) is 0.399. The van der Waals surface area contributed by atoms with Gasteiger partial charge in [0.25, 0.3) is 5.56 Å². The monoisotopic (exact) mass is 456 g/mol. The maximum Gasteiger partial charge on any atom is 0.258 e. The number of ether oxygens (including phenoxy) is 2. The molecule has 0 aliphatic carbocycles. The number of fused-ring (bicyclic) bond motifs is 1. The summed E-state index contributed by atoms with van der Waals surface area (Å²) in [5, 5.41) is 3.91. The molecule has 1 atom stereocenters. The molecule has 1 saturated heterocycles. The Hall–Kier alpha value is -3.55. The number of H-pyrrole nitrogens is 1. The van der Waals surface area contributed by atoms with E-state index in [1.54, 1.807) is 12.3 Å². The van der Waals surface area contributed by atoms with Crippen LogP contribution in [-0.4, -0.2) is 34.2 Å². The van der Waals surface area contributed by atoms with Crippen molar-refractivity contribution in [2.45, 2.75) is 38.5 Å². The van der Waals surface area contributed by atoms with Gasteiger partial charge in [-0.2, -0.15) is 0 Å². The van der Waals surface area contributed by atoms with Crippen LogP contribution in [0, 0.1) is 0 Å². The SMILES string of the molecule is O=c1[nH]c(COc2ccc(Cc3ccccc3)cc2)nc2c(CNCC3CCCO3)nccc12. The van der Waals surface area contributed by atoms with Crippen molar-refractivity contribution >= 4 is 10.9 Å². The molecule has 1 aliphatic rings. The van der Waals surface area contributed by atoms with Gasteiger partial charge in [-0.05, 0) is 48.6 Å². The Balaban J connectivity index is 1.24. The van der Waals surface area contributed by atoms with Gasteiger partial charge in [-0.3, -0.25) is 9.78 Å². The van der Waals surface area contributed by atoms with Crippen molar-refractivity contribution in [2.24, 2.45) is 0 Å². The lowest BCUT2D eigenvalue weighted by Gasteiger charge is -2.12. The zero-order valence-electron chi connectivity index (χ0n) is 19.0. The summed E-state index contributed by atoms with van der Waals surface area (Å²) in [5.41, 5.74) is 3.63. The van der Waals surface area contributed by atoms with Crippen LogP contribution in [0.2, 0.25) is 0 Å². The molecule has 7 heteroatoms. The highest BCUT2D eigenvalue weighted by Gasteiger charge is 2.15. The van der Waals surface area contributed by atoms with Crippen LogP contribution in [0.1, 0.15) is 35.5 Å². The van der Waals surface area contributed by atoms with Gasteiger partial charge in [0.05, 0.1) is 17.2 Å². The third kappa shape index (κ3) is 5.50. The number of aromatic nitrogens is 3. The van der Waals surface area contributed by atoms with Crippen LogP contribution in [0.4, 0.5) is 0 Å². The Kier molecular flexibility index (Phi) is 6.93. The van der Waals surface area contributed by atoms with Crippen LogP contribution in [0.3, 0.4) is 0 Å². The third-order valence-electron chi connectivity index (χ3n) is 5.99. The maximum atomic E-state index is 12.6. The van der Waals surface area contributed by atoms with Crippen molar-refractivity contribution in [2.75, 3.05) is 13.2 Å². The lowest BCUT2D eigenvalue weighted by Crippen LogP contribution is -2.26. The summed E-state index contributed by atoms with van der Waals surface area (Å²) < 4.78 is 11.6. The molecule has 2 aromatic heterocycles. The fraction of sp³-hybridized carbons (Fsp3) is 0.296. The van der Waals surface area contributed by atoms with E-state index in [-0.39, 0.29) is 18.3 Å². The molecule has 1 unspecified atom stereocenters. The van der Waals surface area contributed by atoms with E-state index >= 15 is 0 Å². The van der Waals surface area contributed by atoms with Crippen LogP contribution in [0.25, 0.3) is 10.9 Å². The molecule has 0 amide bonds. The Morgan fingerprint density at radius 2 is 1.88 bits per heavy atom. The summed E-state index contributed by atoms with van der Waals surface area (Å²) in [6.45, 7) is 2.28. The number of benzene rings is 2. The molecule has 3 heterocycles. The number of hydrogen-bond donors (Lipinski definition) is 2. The van der Waals surface area contributed by atoms with Crippen LogP contribution < -0.4 is 15.6 Å². The zero-order valence-corrected chi connectivity index (χ0v) is 19.0. The van der Waals surface area contributed by atoms with Crippen molar-refractivity contribution in [1.82, 2.24) is 20.3 Å². The summed E-state index contributed by atoms with van der Waals surface area (Å²) in [6, 6.07) is 20.0. The van der Waals surface area contributed by atoms with E-state index < -0.39 is 0 Å². The van der Waals surface area contributed by atoms with Gasteiger partial charge in [0, 0.05) is 25.9 Å². The lowest BCUT2D eigenvalue weighted by atomic mass is 10.1. The highest BCUT2D eigenvalue weighted by molar-refractivity contribution is 5.79. The number of aromatic amines is 1. The zero-order chi connectivity index (χ0) is 23.2. The second-order valence-corrected chi connectivity index (χ2v) is 8.53. The molecule has 2 aromatic carbocycles. The van der Waals surface area contributed by atoms with E-state index in [0.717, 1.165) is 43.9 Å². The molecule has 2 N–H and O–H groups in total. The summed E-state index contributed by atoms with van der Waals surface area (Å²) in [5.74, 6) is 1.20. The summed E-state index contributed by atoms with van der Waals surface area (Å²) in [4.78, 5) is 24.6. The predicted molar refractivity (Wildman–Crippen MR) is 131 cm³/mol. The minimum Gasteiger partial charge on any atom is -0.486 e. The van der Waals surface area contributed by atoms with Crippen LogP contribution >= 0.6 is 0 Å². The Bertz CT molecular complexity index is 1280. The van der Waals surface area contributed by atoms with Gasteiger partial charge in [-0.1, -0.05) is 42.5 Å². The molecule has 0 saturated carbocycles. The maximum absolute atomic E-state index is 12.6. The number of rotatable bonds is 9. The molecule has 5 rings (SSSR count). The molecule has 0 spiro atoms. The number of nitrogens with zero attached hydrogens (tertiary/aromatic N) is 2. The molecule has 7 nitrogen and oxygen atoms in total. The number of hydrogen-bond acceptors (Lipinski definition) is 6. The standard InChI is InChI=1S/C27H28N4O3/c32-27-23-12-13-29-24(17-28-16-22-7-4-14-33-22)26(23)30-25(31-27)18-34-21-10-8-20(9-11-21)15-19-5-2-1-3-6-19/h1-3,5-6,8-13,22,28H,4,7,14-18H2,(H,30,31,32). The van der Waals surface area contributed by atoms with Gasteiger partial charge in [0.1, 0.15) is 23.7 Å². The van der Waals surface area contributed by atoms with Crippen molar-refractivity contribution in [3.63, 3.8) is 0 Å². The third-order valence-corrected chi connectivity index (χ3v) is 5.99. The first kappa shape index (κ1) is 22.3. The number of nitrogens with one attached hydrogen (secondary N) is 2. The average Bonchev–Trinajstić information content (AvgIpc) is 3.38. The Morgan fingerprint density at radius 3 is 2.68 bits per heavy atom. The predicted octanol–water partition coefficient (Wildman–Crippen LogP) is 3.76. The number of pyridine rings is 1. The highest BCUT2D eigenvalue weighted by atomic mass is 16.5. The van der Waals surface area contributed by atoms with Gasteiger partial charge < -0.3 is 19.8 Å². The summed E-state index contributed by atoms with van der Waals surface area (Å²) >= 11 is 0. The molecule has 34 heavy (non-hydrogen) atoms.